The van der Waals surface area contributed by atoms with E-state index in [2.05, 4.69) is 30.5 Å². The number of carbonyl (C=O) groups is 1. The largest absolute Gasteiger partial charge is 0.384 e. The number of anilines is 1. The molecule has 0 unspecified atom stereocenters. The second kappa shape index (κ2) is 10.1. The fraction of sp³-hybridized carbons (Fsp3) is 0.364. The number of amides is 1. The number of nitrogens with one attached hydrogen (secondary N) is 4. The number of hydrogen-bond acceptors (Lipinski definition) is 6. The summed E-state index contributed by atoms with van der Waals surface area (Å²) in [5.74, 6) is -0.934. The van der Waals surface area contributed by atoms with Crippen LogP contribution in [-0.2, 0) is 0 Å². The van der Waals surface area contributed by atoms with Gasteiger partial charge in [0.25, 0.3) is 5.91 Å². The Morgan fingerprint density at radius 3 is 2.78 bits per heavy atom. The van der Waals surface area contributed by atoms with Crippen molar-refractivity contribution in [1.82, 2.24) is 25.2 Å². The molecule has 4 N–H and O–H groups in total. The number of halogens is 2. The van der Waals surface area contributed by atoms with Gasteiger partial charge in [0, 0.05) is 29.5 Å². The third kappa shape index (κ3) is 5.41. The lowest BCUT2D eigenvalue weighted by Crippen LogP contribution is -2.30. The molecule has 2 heterocycles. The Morgan fingerprint density at radius 1 is 1.34 bits per heavy atom. The van der Waals surface area contributed by atoms with Crippen molar-refractivity contribution in [3.05, 3.63) is 52.2 Å². The number of rotatable bonds is 9. The zero-order valence-electron chi connectivity index (χ0n) is 18.5. The summed E-state index contributed by atoms with van der Waals surface area (Å²) < 4.78 is 14.9. The molecule has 0 fully saturated rings. The van der Waals surface area contributed by atoms with Gasteiger partial charge in [-0.15, -0.1) is 0 Å². The number of carbonyl (C=O) groups excluding carboxylic acids is 1. The van der Waals surface area contributed by atoms with E-state index in [0.717, 1.165) is 13.0 Å². The monoisotopic (exact) mass is 459 g/mol. The van der Waals surface area contributed by atoms with Crippen LogP contribution in [0.25, 0.3) is 11.2 Å². The molecule has 0 aliphatic carbocycles. The molecule has 0 saturated carbocycles. The van der Waals surface area contributed by atoms with Crippen LogP contribution >= 0.6 is 11.6 Å². The minimum Gasteiger partial charge on any atom is -0.384 e. The molecule has 0 bridgehead atoms. The van der Waals surface area contributed by atoms with Gasteiger partial charge in [-0.1, -0.05) is 11.6 Å². The Bertz CT molecular complexity index is 1140. The zero-order chi connectivity index (χ0) is 23.4. The van der Waals surface area contributed by atoms with Crippen LogP contribution in [0.2, 0.25) is 5.02 Å². The van der Waals surface area contributed by atoms with Gasteiger partial charge in [-0.25, -0.2) is 14.4 Å². The van der Waals surface area contributed by atoms with Crippen LogP contribution in [0.4, 0.5) is 10.1 Å². The van der Waals surface area contributed by atoms with Gasteiger partial charge in [-0.2, -0.15) is 0 Å². The molecular weight excluding hydrogens is 433 g/mol. The van der Waals surface area contributed by atoms with Crippen molar-refractivity contribution >= 4 is 40.1 Å². The Labute approximate surface area is 191 Å². The molecule has 0 spiro atoms. The second-order valence-corrected chi connectivity index (χ2v) is 8.49. The summed E-state index contributed by atoms with van der Waals surface area (Å²) in [5, 5.41) is 14.9. The van der Waals surface area contributed by atoms with E-state index in [4.69, 9.17) is 17.0 Å². The molecule has 0 radical (unpaired) electrons. The lowest BCUT2D eigenvalue weighted by Gasteiger charge is -2.15. The first-order valence-electron chi connectivity index (χ1n) is 10.3. The van der Waals surface area contributed by atoms with E-state index >= 15 is 0 Å². The fourth-order valence-corrected chi connectivity index (χ4v) is 3.44. The highest BCUT2D eigenvalue weighted by atomic mass is 35.5. The Hall–Kier alpha value is -3.04. The molecule has 0 atom stereocenters. The number of hydrogen-bond donors (Lipinski definition) is 4. The second-order valence-electron chi connectivity index (χ2n) is 8.05. The zero-order valence-corrected chi connectivity index (χ0v) is 19.3. The van der Waals surface area contributed by atoms with E-state index in [0.29, 0.717) is 29.0 Å². The molecule has 3 aromatic rings. The number of H-pyrrole nitrogens is 1. The van der Waals surface area contributed by atoms with E-state index in [1.165, 1.54) is 18.5 Å². The third-order valence-corrected chi connectivity index (χ3v) is 4.92. The summed E-state index contributed by atoms with van der Waals surface area (Å²) in [5.41, 5.74) is 1.50. The minimum atomic E-state index is -0.633. The number of nitrogens with zero attached hydrogens (tertiary/aromatic N) is 3. The highest BCUT2D eigenvalue weighted by Crippen LogP contribution is 2.27. The van der Waals surface area contributed by atoms with Crippen molar-refractivity contribution in [2.75, 3.05) is 32.5 Å². The van der Waals surface area contributed by atoms with Crippen LogP contribution in [0.15, 0.2) is 24.5 Å². The van der Waals surface area contributed by atoms with E-state index in [9.17, 15) is 9.18 Å². The summed E-state index contributed by atoms with van der Waals surface area (Å²) in [7, 11) is 3.96. The van der Waals surface area contributed by atoms with Gasteiger partial charge in [-0.05, 0) is 53.0 Å². The normalized spacial score (nSPS) is 11.4. The lowest BCUT2D eigenvalue weighted by atomic mass is 10.0. The molecule has 2 aromatic heterocycles. The van der Waals surface area contributed by atoms with E-state index < -0.39 is 5.82 Å². The summed E-state index contributed by atoms with van der Waals surface area (Å²) in [6.45, 7) is 5.16. The van der Waals surface area contributed by atoms with Crippen LogP contribution in [0.3, 0.4) is 0 Å². The predicted molar refractivity (Wildman–Crippen MR) is 125 cm³/mol. The van der Waals surface area contributed by atoms with Crippen molar-refractivity contribution in [2.24, 2.45) is 0 Å². The SMILES string of the molecule is CC(C)NC(=O)c1c[nH]c2ncc(C(=N)c3c(F)cc(Cl)cc3NCCCN(C)C)nc12. The van der Waals surface area contributed by atoms with Crippen molar-refractivity contribution < 1.29 is 9.18 Å². The van der Waals surface area contributed by atoms with Gasteiger partial charge in [0.15, 0.2) is 5.65 Å². The first-order chi connectivity index (χ1) is 15.2. The molecule has 3 rings (SSSR count). The van der Waals surface area contributed by atoms with Crippen LogP contribution in [-0.4, -0.2) is 64.7 Å². The van der Waals surface area contributed by atoms with Gasteiger partial charge < -0.3 is 20.5 Å². The lowest BCUT2D eigenvalue weighted by molar-refractivity contribution is 0.0944. The maximum Gasteiger partial charge on any atom is 0.255 e. The summed E-state index contributed by atoms with van der Waals surface area (Å²) in [6.07, 6.45) is 3.74. The van der Waals surface area contributed by atoms with E-state index in [1.54, 1.807) is 6.07 Å². The Balaban J connectivity index is 1.95. The molecule has 170 valence electrons. The number of aromatic amines is 1. The first-order valence-corrected chi connectivity index (χ1v) is 10.7. The highest BCUT2D eigenvalue weighted by molar-refractivity contribution is 6.31. The van der Waals surface area contributed by atoms with Gasteiger partial charge in [0.05, 0.1) is 23.0 Å². The topological polar surface area (TPSA) is 110 Å². The fourth-order valence-electron chi connectivity index (χ4n) is 3.24. The maximum atomic E-state index is 14.9. The smallest absolute Gasteiger partial charge is 0.255 e. The van der Waals surface area contributed by atoms with Crippen LogP contribution < -0.4 is 10.6 Å². The molecule has 0 saturated heterocycles. The molecule has 32 heavy (non-hydrogen) atoms. The average Bonchev–Trinajstić information content (AvgIpc) is 3.13. The van der Waals surface area contributed by atoms with Crippen LogP contribution in [0.1, 0.15) is 41.9 Å². The first kappa shape index (κ1) is 23.6. The Kier molecular flexibility index (Phi) is 7.42. The van der Waals surface area contributed by atoms with E-state index in [1.807, 2.05) is 27.9 Å². The molecular formula is C22H27ClFN7O. The molecule has 1 aromatic carbocycles. The third-order valence-electron chi connectivity index (χ3n) is 4.70. The van der Waals surface area contributed by atoms with Gasteiger partial charge >= 0.3 is 0 Å². The summed E-state index contributed by atoms with van der Waals surface area (Å²) in [4.78, 5) is 26.2. The Morgan fingerprint density at radius 2 is 2.09 bits per heavy atom. The maximum absolute atomic E-state index is 14.9. The highest BCUT2D eigenvalue weighted by Gasteiger charge is 2.21. The summed E-state index contributed by atoms with van der Waals surface area (Å²) in [6, 6.07) is 2.71. The van der Waals surface area contributed by atoms with Gasteiger partial charge in [0.1, 0.15) is 17.0 Å². The summed E-state index contributed by atoms with van der Waals surface area (Å²) >= 11 is 6.06. The molecule has 0 aliphatic heterocycles. The van der Waals surface area contributed by atoms with E-state index in [-0.39, 0.29) is 33.9 Å². The van der Waals surface area contributed by atoms with Gasteiger partial charge in [0.2, 0.25) is 0 Å². The average molecular weight is 460 g/mol. The number of fused-ring (bicyclic) bond motifs is 1. The van der Waals surface area contributed by atoms with Gasteiger partial charge in [-0.3, -0.25) is 10.2 Å². The molecule has 8 nitrogen and oxygen atoms in total. The molecule has 0 aliphatic rings. The van der Waals surface area contributed by atoms with Crippen molar-refractivity contribution in [2.45, 2.75) is 26.3 Å². The molecule has 10 heteroatoms. The van der Waals surface area contributed by atoms with Crippen LogP contribution in [0.5, 0.6) is 0 Å². The van der Waals surface area contributed by atoms with Crippen molar-refractivity contribution in [3.8, 4) is 0 Å². The standard InChI is InChI=1S/C22H27ClFN7O/c1-12(2)29-22(32)14-10-27-21-20(14)30-17(11-28-21)19(25)18-15(24)8-13(23)9-16(18)26-6-5-7-31(3)4/h8-12,25-26H,5-7H2,1-4H3,(H,27,28)(H,29,32). The van der Waals surface area contributed by atoms with Crippen molar-refractivity contribution in [1.29, 1.82) is 5.41 Å². The quantitative estimate of drug-likeness (QED) is 0.288. The minimum absolute atomic E-state index is 0.0498. The van der Waals surface area contributed by atoms with Crippen molar-refractivity contribution in [3.63, 3.8) is 0 Å². The number of aromatic nitrogens is 3. The van der Waals surface area contributed by atoms with Crippen LogP contribution in [0, 0.1) is 11.2 Å². The molecule has 1 amide bonds. The predicted octanol–water partition coefficient (Wildman–Crippen LogP) is 3.67. The number of benzene rings is 1.